The van der Waals surface area contributed by atoms with Crippen LogP contribution in [-0.2, 0) is 0 Å². The maximum absolute atomic E-state index is 13.0. The lowest BCUT2D eigenvalue weighted by Gasteiger charge is -2.35. The molecule has 0 bridgehead atoms. The molecule has 7 heteroatoms. The monoisotopic (exact) mass is 393 g/mol. The Hall–Kier alpha value is -2.99. The molecule has 0 N–H and O–H groups in total. The number of anilines is 1. The number of aromatic nitrogens is 3. The third-order valence-corrected chi connectivity index (χ3v) is 5.07. The number of aryl methyl sites for hydroxylation is 1. The predicted octanol–water partition coefficient (Wildman–Crippen LogP) is 3.46. The molecule has 4 rings (SSSR count). The molecule has 0 spiro atoms. The highest BCUT2D eigenvalue weighted by molar-refractivity contribution is 6.30. The first kappa shape index (κ1) is 18.4. The van der Waals surface area contributed by atoms with Crippen molar-refractivity contribution in [3.63, 3.8) is 0 Å². The minimum atomic E-state index is -0.0270. The molecule has 3 heterocycles. The first-order chi connectivity index (χ1) is 13.6. The van der Waals surface area contributed by atoms with Gasteiger partial charge in [0.1, 0.15) is 5.82 Å². The number of nitrogens with zero attached hydrogens (tertiary/aromatic N) is 5. The van der Waals surface area contributed by atoms with Crippen LogP contribution in [0.2, 0.25) is 5.02 Å². The topological polar surface area (TPSA) is 62.2 Å². The van der Waals surface area contributed by atoms with Crippen molar-refractivity contribution in [3.8, 4) is 11.4 Å². The number of pyridine rings is 1. The Bertz CT molecular complexity index is 970. The number of halogens is 1. The van der Waals surface area contributed by atoms with E-state index in [1.54, 1.807) is 12.4 Å². The van der Waals surface area contributed by atoms with Gasteiger partial charge in [-0.3, -0.25) is 4.79 Å². The molecule has 2 aromatic heterocycles. The molecule has 1 aliphatic heterocycles. The fourth-order valence-corrected chi connectivity index (χ4v) is 3.38. The molecule has 0 atom stereocenters. The molecule has 0 saturated carbocycles. The summed E-state index contributed by atoms with van der Waals surface area (Å²) in [5.41, 5.74) is 2.19. The molecule has 0 unspecified atom stereocenters. The molecule has 142 valence electrons. The molecule has 1 fully saturated rings. The van der Waals surface area contributed by atoms with E-state index in [9.17, 15) is 4.79 Å². The summed E-state index contributed by atoms with van der Waals surface area (Å²) in [5.74, 6) is 1.48. The summed E-state index contributed by atoms with van der Waals surface area (Å²) >= 11 is 5.90. The van der Waals surface area contributed by atoms with Crippen molar-refractivity contribution < 1.29 is 4.79 Å². The molecule has 28 heavy (non-hydrogen) atoms. The Kier molecular flexibility index (Phi) is 5.21. The first-order valence-electron chi connectivity index (χ1n) is 9.16. The van der Waals surface area contributed by atoms with Crippen molar-refractivity contribution in [3.05, 3.63) is 71.1 Å². The van der Waals surface area contributed by atoms with Gasteiger partial charge in [0.25, 0.3) is 5.91 Å². The minimum Gasteiger partial charge on any atom is -0.353 e. The second-order valence-corrected chi connectivity index (χ2v) is 7.11. The standard InChI is InChI=1S/C21H20ClN5O/c1-15-18(14-24-20(25-15)16-5-3-2-4-6-16)21(28)27-11-9-26(10-12-27)19-8-7-17(22)13-23-19/h2-8,13-14H,9-12H2,1H3. The Morgan fingerprint density at radius 3 is 2.36 bits per heavy atom. The Morgan fingerprint density at radius 1 is 0.964 bits per heavy atom. The molecule has 3 aromatic rings. The van der Waals surface area contributed by atoms with Gasteiger partial charge in [-0.2, -0.15) is 0 Å². The second kappa shape index (κ2) is 7.94. The van der Waals surface area contributed by atoms with Crippen LogP contribution in [-0.4, -0.2) is 51.9 Å². The normalized spacial score (nSPS) is 14.2. The molecule has 0 aliphatic carbocycles. The molecule has 0 radical (unpaired) electrons. The Balaban J connectivity index is 1.44. The summed E-state index contributed by atoms with van der Waals surface area (Å²) < 4.78 is 0. The van der Waals surface area contributed by atoms with Crippen LogP contribution in [0.5, 0.6) is 0 Å². The van der Waals surface area contributed by atoms with Gasteiger partial charge in [0.2, 0.25) is 0 Å². The van der Waals surface area contributed by atoms with E-state index in [0.717, 1.165) is 24.5 Å². The number of piperazine rings is 1. The minimum absolute atomic E-state index is 0.0270. The summed E-state index contributed by atoms with van der Waals surface area (Å²) in [5, 5.41) is 0.618. The van der Waals surface area contributed by atoms with Crippen LogP contribution >= 0.6 is 11.6 Å². The van der Waals surface area contributed by atoms with Crippen LogP contribution in [0.3, 0.4) is 0 Å². The van der Waals surface area contributed by atoms with Crippen LogP contribution in [0.4, 0.5) is 5.82 Å². The van der Waals surface area contributed by atoms with E-state index in [-0.39, 0.29) is 5.91 Å². The van der Waals surface area contributed by atoms with Crippen molar-refractivity contribution in [2.75, 3.05) is 31.1 Å². The molecular weight excluding hydrogens is 374 g/mol. The average Bonchev–Trinajstić information content (AvgIpc) is 2.74. The third-order valence-electron chi connectivity index (χ3n) is 4.84. The largest absolute Gasteiger partial charge is 0.353 e. The van der Waals surface area contributed by atoms with Crippen LogP contribution in [0, 0.1) is 6.92 Å². The van der Waals surface area contributed by atoms with Gasteiger partial charge in [-0.05, 0) is 19.1 Å². The number of benzene rings is 1. The van der Waals surface area contributed by atoms with E-state index < -0.39 is 0 Å². The predicted molar refractivity (Wildman–Crippen MR) is 110 cm³/mol. The Labute approximate surface area is 168 Å². The fourth-order valence-electron chi connectivity index (χ4n) is 3.27. The number of amides is 1. The zero-order valence-corrected chi connectivity index (χ0v) is 16.3. The van der Waals surface area contributed by atoms with Gasteiger partial charge < -0.3 is 9.80 Å². The maximum Gasteiger partial charge on any atom is 0.257 e. The highest BCUT2D eigenvalue weighted by Crippen LogP contribution is 2.19. The molecule has 1 aliphatic rings. The average molecular weight is 394 g/mol. The molecule has 1 amide bonds. The quantitative estimate of drug-likeness (QED) is 0.681. The van der Waals surface area contributed by atoms with Gasteiger partial charge in [0.05, 0.1) is 16.3 Å². The number of hydrogen-bond donors (Lipinski definition) is 0. The zero-order valence-electron chi connectivity index (χ0n) is 15.5. The Morgan fingerprint density at radius 2 is 1.71 bits per heavy atom. The van der Waals surface area contributed by atoms with E-state index in [0.29, 0.717) is 35.2 Å². The number of rotatable bonds is 3. The van der Waals surface area contributed by atoms with Gasteiger partial charge in [-0.25, -0.2) is 15.0 Å². The van der Waals surface area contributed by atoms with Gasteiger partial charge in [-0.1, -0.05) is 41.9 Å². The SMILES string of the molecule is Cc1nc(-c2ccccc2)ncc1C(=O)N1CCN(c2ccc(Cl)cn2)CC1. The lowest BCUT2D eigenvalue weighted by atomic mass is 10.1. The summed E-state index contributed by atoms with van der Waals surface area (Å²) in [6.45, 7) is 4.56. The van der Waals surface area contributed by atoms with Crippen molar-refractivity contribution in [1.82, 2.24) is 19.9 Å². The summed E-state index contributed by atoms with van der Waals surface area (Å²) in [4.78, 5) is 30.2. The van der Waals surface area contributed by atoms with Crippen LogP contribution in [0.1, 0.15) is 16.1 Å². The van der Waals surface area contributed by atoms with Gasteiger partial charge in [0.15, 0.2) is 5.82 Å². The first-order valence-corrected chi connectivity index (χ1v) is 9.54. The smallest absolute Gasteiger partial charge is 0.257 e. The van der Waals surface area contributed by atoms with E-state index in [1.165, 1.54) is 0 Å². The van der Waals surface area contributed by atoms with E-state index in [4.69, 9.17) is 11.6 Å². The third kappa shape index (κ3) is 3.82. The molecule has 6 nitrogen and oxygen atoms in total. The van der Waals surface area contributed by atoms with Crippen molar-refractivity contribution in [2.45, 2.75) is 6.92 Å². The van der Waals surface area contributed by atoms with E-state index >= 15 is 0 Å². The van der Waals surface area contributed by atoms with E-state index in [1.807, 2.05) is 54.3 Å². The van der Waals surface area contributed by atoms with E-state index in [2.05, 4.69) is 19.9 Å². The second-order valence-electron chi connectivity index (χ2n) is 6.67. The summed E-state index contributed by atoms with van der Waals surface area (Å²) in [6.07, 6.45) is 3.28. The number of hydrogen-bond acceptors (Lipinski definition) is 5. The van der Waals surface area contributed by atoms with Crippen molar-refractivity contribution in [1.29, 1.82) is 0 Å². The zero-order chi connectivity index (χ0) is 19.5. The molecule has 1 saturated heterocycles. The fraction of sp³-hybridized carbons (Fsp3) is 0.238. The highest BCUT2D eigenvalue weighted by atomic mass is 35.5. The maximum atomic E-state index is 13.0. The lowest BCUT2D eigenvalue weighted by Crippen LogP contribution is -2.49. The van der Waals surface area contributed by atoms with Gasteiger partial charge >= 0.3 is 0 Å². The van der Waals surface area contributed by atoms with Crippen LogP contribution in [0.15, 0.2) is 54.9 Å². The molecular formula is C21H20ClN5O. The van der Waals surface area contributed by atoms with Crippen LogP contribution < -0.4 is 4.90 Å². The summed E-state index contributed by atoms with van der Waals surface area (Å²) in [6, 6.07) is 13.5. The highest BCUT2D eigenvalue weighted by Gasteiger charge is 2.24. The number of carbonyl (C=O) groups is 1. The van der Waals surface area contributed by atoms with Gasteiger partial charge in [0, 0.05) is 44.1 Å². The van der Waals surface area contributed by atoms with Gasteiger partial charge in [-0.15, -0.1) is 0 Å². The lowest BCUT2D eigenvalue weighted by molar-refractivity contribution is 0.0745. The van der Waals surface area contributed by atoms with Crippen molar-refractivity contribution in [2.24, 2.45) is 0 Å². The molecule has 1 aromatic carbocycles. The van der Waals surface area contributed by atoms with Crippen LogP contribution in [0.25, 0.3) is 11.4 Å². The van der Waals surface area contributed by atoms with Crippen molar-refractivity contribution >= 4 is 23.3 Å². The number of carbonyl (C=O) groups excluding carboxylic acids is 1. The summed E-state index contributed by atoms with van der Waals surface area (Å²) in [7, 11) is 0.